The second-order valence-corrected chi connectivity index (χ2v) is 9.68. The maximum Gasteiger partial charge on any atom is 0.252 e. The Morgan fingerprint density at radius 2 is 1.91 bits per heavy atom. The summed E-state index contributed by atoms with van der Waals surface area (Å²) in [4.78, 5) is 33.6. The lowest BCUT2D eigenvalue weighted by molar-refractivity contribution is -0.131. The number of piperidine rings is 1. The molecule has 3 aromatic heterocycles. The Hall–Kier alpha value is -3.36. The molecule has 3 aromatic rings. The molecule has 0 unspecified atom stereocenters. The van der Waals surface area contributed by atoms with Crippen molar-refractivity contribution >= 4 is 28.5 Å². The van der Waals surface area contributed by atoms with Gasteiger partial charge in [-0.1, -0.05) is 0 Å². The number of anilines is 1. The van der Waals surface area contributed by atoms with Crippen LogP contribution < -0.4 is 11.1 Å². The molecule has 1 saturated carbocycles. The van der Waals surface area contributed by atoms with Crippen LogP contribution in [0.2, 0.25) is 0 Å². The SMILES string of the molecule is CC(=O)N1CCC2(CCC(Nc3c(C(N)=O)cnc4[nH]c(-c5cnn(C)c5)cc34)CC2)CC1. The number of aryl methyl sites for hydroxylation is 1. The number of rotatable bonds is 4. The number of H-pyrrole nitrogens is 1. The molecule has 2 fully saturated rings. The third kappa shape index (κ3) is 4.07. The number of likely N-dealkylation sites (tertiary alicyclic amines) is 1. The molecule has 0 radical (unpaired) electrons. The van der Waals surface area contributed by atoms with E-state index in [-0.39, 0.29) is 11.9 Å². The minimum atomic E-state index is -0.486. The summed E-state index contributed by atoms with van der Waals surface area (Å²) in [6.07, 6.45) is 11.8. The number of aromatic nitrogens is 4. The molecule has 9 nitrogen and oxygen atoms in total. The van der Waals surface area contributed by atoms with Gasteiger partial charge < -0.3 is 20.9 Å². The number of hydrogen-bond acceptors (Lipinski definition) is 5. The van der Waals surface area contributed by atoms with Crippen molar-refractivity contribution in [2.45, 2.75) is 51.5 Å². The van der Waals surface area contributed by atoms with Crippen molar-refractivity contribution in [1.82, 2.24) is 24.6 Å². The molecule has 4 N–H and O–H groups in total. The first-order valence-electron chi connectivity index (χ1n) is 11.7. The third-order valence-electron chi connectivity index (χ3n) is 7.60. The molecule has 33 heavy (non-hydrogen) atoms. The van der Waals surface area contributed by atoms with Crippen molar-refractivity contribution in [3.63, 3.8) is 0 Å². The first kappa shape index (κ1) is 21.5. The smallest absolute Gasteiger partial charge is 0.252 e. The van der Waals surface area contributed by atoms with Crippen LogP contribution in [0.3, 0.4) is 0 Å². The van der Waals surface area contributed by atoms with Crippen molar-refractivity contribution in [2.75, 3.05) is 18.4 Å². The number of nitrogens with one attached hydrogen (secondary N) is 2. The van der Waals surface area contributed by atoms with Crippen molar-refractivity contribution in [1.29, 1.82) is 0 Å². The highest BCUT2D eigenvalue weighted by Crippen LogP contribution is 2.45. The van der Waals surface area contributed by atoms with Crippen molar-refractivity contribution in [3.8, 4) is 11.3 Å². The van der Waals surface area contributed by atoms with Gasteiger partial charge in [0, 0.05) is 56.4 Å². The molecule has 0 aromatic carbocycles. The minimum Gasteiger partial charge on any atom is -0.381 e. The van der Waals surface area contributed by atoms with Crippen LogP contribution in [0.1, 0.15) is 55.8 Å². The van der Waals surface area contributed by atoms with Gasteiger partial charge in [0.2, 0.25) is 5.91 Å². The van der Waals surface area contributed by atoms with Crippen LogP contribution in [-0.4, -0.2) is 55.6 Å². The molecule has 5 rings (SSSR count). The number of primary amides is 1. The van der Waals surface area contributed by atoms with Crippen molar-refractivity contribution in [2.24, 2.45) is 18.2 Å². The van der Waals surface area contributed by atoms with E-state index in [4.69, 9.17) is 5.73 Å². The van der Waals surface area contributed by atoms with Crippen molar-refractivity contribution < 1.29 is 9.59 Å². The predicted molar refractivity (Wildman–Crippen MR) is 127 cm³/mol. The highest BCUT2D eigenvalue weighted by Gasteiger charge is 2.38. The Kier molecular flexibility index (Phi) is 5.34. The zero-order valence-corrected chi connectivity index (χ0v) is 19.2. The summed E-state index contributed by atoms with van der Waals surface area (Å²) in [5.41, 5.74) is 9.78. The zero-order chi connectivity index (χ0) is 23.2. The third-order valence-corrected chi connectivity index (χ3v) is 7.60. The van der Waals surface area contributed by atoms with E-state index < -0.39 is 5.91 Å². The van der Waals surface area contributed by atoms with Crippen molar-refractivity contribution in [3.05, 3.63) is 30.2 Å². The maximum absolute atomic E-state index is 12.2. The fraction of sp³-hybridized carbons (Fsp3) is 0.500. The zero-order valence-electron chi connectivity index (χ0n) is 19.2. The van der Waals surface area contributed by atoms with Crippen LogP contribution in [-0.2, 0) is 11.8 Å². The van der Waals surface area contributed by atoms with E-state index in [1.54, 1.807) is 24.0 Å². The molecule has 2 aliphatic rings. The van der Waals surface area contributed by atoms with E-state index >= 15 is 0 Å². The van der Waals surface area contributed by atoms with Gasteiger partial charge in [0.1, 0.15) is 5.65 Å². The second-order valence-electron chi connectivity index (χ2n) is 9.68. The van der Waals surface area contributed by atoms with Crippen LogP contribution in [0.15, 0.2) is 24.7 Å². The Balaban J connectivity index is 1.36. The number of carbonyl (C=O) groups excluding carboxylic acids is 2. The van der Waals surface area contributed by atoms with Gasteiger partial charge in [0.25, 0.3) is 5.91 Å². The average molecular weight is 450 g/mol. The van der Waals surface area contributed by atoms with Crippen LogP contribution in [0, 0.1) is 5.41 Å². The molecule has 1 saturated heterocycles. The van der Waals surface area contributed by atoms with E-state index in [2.05, 4.69) is 20.4 Å². The number of nitrogens with zero attached hydrogens (tertiary/aromatic N) is 4. The topological polar surface area (TPSA) is 122 Å². The monoisotopic (exact) mass is 449 g/mol. The number of hydrogen-bond donors (Lipinski definition) is 3. The molecule has 1 aliphatic carbocycles. The Bertz CT molecular complexity index is 1190. The van der Waals surface area contributed by atoms with E-state index in [1.807, 2.05) is 24.2 Å². The molecular weight excluding hydrogens is 418 g/mol. The molecule has 174 valence electrons. The predicted octanol–water partition coefficient (Wildman–Crippen LogP) is 3.05. The molecule has 1 spiro atoms. The number of amides is 2. The summed E-state index contributed by atoms with van der Waals surface area (Å²) in [6, 6.07) is 2.28. The summed E-state index contributed by atoms with van der Waals surface area (Å²) in [5, 5.41) is 8.75. The highest BCUT2D eigenvalue weighted by atomic mass is 16.2. The van der Waals surface area contributed by atoms with Crippen LogP contribution in [0.5, 0.6) is 0 Å². The molecule has 0 bridgehead atoms. The maximum atomic E-state index is 12.2. The number of fused-ring (bicyclic) bond motifs is 1. The quantitative estimate of drug-likeness (QED) is 0.565. The Morgan fingerprint density at radius 1 is 1.18 bits per heavy atom. The molecule has 9 heteroatoms. The standard InChI is InChI=1S/C24H31N7O2/c1-15(32)31-9-7-24(8-10-31)5-3-17(4-6-24)28-21-18-11-20(16-12-27-30(2)14-16)29-23(18)26-13-19(21)22(25)33/h11-14,17H,3-10H2,1-2H3,(H2,25,33)(H2,26,28,29). The van der Waals surface area contributed by atoms with E-state index in [0.717, 1.165) is 73.9 Å². The summed E-state index contributed by atoms with van der Waals surface area (Å²) >= 11 is 0. The molecule has 4 heterocycles. The van der Waals surface area contributed by atoms with Gasteiger partial charge in [-0.15, -0.1) is 0 Å². The first-order chi connectivity index (χ1) is 15.8. The Morgan fingerprint density at radius 3 is 2.52 bits per heavy atom. The molecular formula is C24H31N7O2. The van der Waals surface area contributed by atoms with Gasteiger partial charge in [-0.2, -0.15) is 5.10 Å². The van der Waals surface area contributed by atoms with E-state index in [1.165, 1.54) is 0 Å². The molecule has 2 amide bonds. The number of carbonyl (C=O) groups is 2. The average Bonchev–Trinajstić information content (AvgIpc) is 3.42. The number of aromatic amines is 1. The second kappa shape index (κ2) is 8.20. The lowest BCUT2D eigenvalue weighted by Crippen LogP contribution is -2.45. The number of pyridine rings is 1. The lowest BCUT2D eigenvalue weighted by atomic mass is 9.67. The first-order valence-corrected chi connectivity index (χ1v) is 11.7. The van der Waals surface area contributed by atoms with Crippen LogP contribution in [0.4, 0.5) is 5.69 Å². The summed E-state index contributed by atoms with van der Waals surface area (Å²) in [5.74, 6) is -0.307. The molecule has 0 atom stereocenters. The lowest BCUT2D eigenvalue weighted by Gasteiger charge is -2.46. The van der Waals surface area contributed by atoms with E-state index in [9.17, 15) is 9.59 Å². The summed E-state index contributed by atoms with van der Waals surface area (Å²) in [7, 11) is 1.88. The highest BCUT2D eigenvalue weighted by molar-refractivity contribution is 6.07. The summed E-state index contributed by atoms with van der Waals surface area (Å²) < 4.78 is 1.75. The normalized spacial score (nSPS) is 18.7. The number of nitrogens with two attached hydrogens (primary N) is 1. The van der Waals surface area contributed by atoms with Gasteiger partial charge >= 0.3 is 0 Å². The van der Waals surface area contributed by atoms with Gasteiger partial charge in [0.05, 0.1) is 23.1 Å². The molecule has 1 aliphatic heterocycles. The van der Waals surface area contributed by atoms with E-state index in [0.29, 0.717) is 16.6 Å². The fourth-order valence-electron chi connectivity index (χ4n) is 5.51. The minimum absolute atomic E-state index is 0.179. The largest absolute Gasteiger partial charge is 0.381 e. The van der Waals surface area contributed by atoms with Gasteiger partial charge in [0.15, 0.2) is 0 Å². The van der Waals surface area contributed by atoms with Gasteiger partial charge in [-0.25, -0.2) is 4.98 Å². The fourth-order valence-corrected chi connectivity index (χ4v) is 5.51. The van der Waals surface area contributed by atoms with Crippen LogP contribution >= 0.6 is 0 Å². The summed E-state index contributed by atoms with van der Waals surface area (Å²) in [6.45, 7) is 3.39. The van der Waals surface area contributed by atoms with Crippen LogP contribution in [0.25, 0.3) is 22.3 Å². The van der Waals surface area contributed by atoms with Gasteiger partial charge in [-0.05, 0) is 50.0 Å². The van der Waals surface area contributed by atoms with Gasteiger partial charge in [-0.3, -0.25) is 14.3 Å². The Labute approximate surface area is 192 Å².